The van der Waals surface area contributed by atoms with Gasteiger partial charge in [-0.1, -0.05) is 0 Å². The van der Waals surface area contributed by atoms with Crippen LogP contribution in [0.2, 0.25) is 0 Å². The molecule has 2 aromatic rings. The summed E-state index contributed by atoms with van der Waals surface area (Å²) in [4.78, 5) is 13.9. The molecule has 7 nitrogen and oxygen atoms in total. The van der Waals surface area contributed by atoms with Gasteiger partial charge in [0.15, 0.2) is 0 Å². The first-order valence-electron chi connectivity index (χ1n) is 3.75. The summed E-state index contributed by atoms with van der Waals surface area (Å²) in [6.45, 7) is 0. The third-order valence-electron chi connectivity index (χ3n) is 1.73. The van der Waals surface area contributed by atoms with Crippen LogP contribution < -0.4 is 4.74 Å². The van der Waals surface area contributed by atoms with E-state index >= 15 is 0 Å². The van der Waals surface area contributed by atoms with E-state index in [4.69, 9.17) is 4.74 Å². The van der Waals surface area contributed by atoms with Crippen molar-refractivity contribution >= 4 is 11.3 Å². The second-order valence-electron chi connectivity index (χ2n) is 2.52. The van der Waals surface area contributed by atoms with E-state index in [9.17, 15) is 10.1 Å². The number of methoxy groups -OCH3 is 1. The van der Waals surface area contributed by atoms with Crippen molar-refractivity contribution in [2.75, 3.05) is 7.11 Å². The molecule has 0 atom stereocenters. The third kappa shape index (κ3) is 1.15. The molecule has 0 saturated carbocycles. The number of rotatable bonds is 2. The zero-order valence-electron chi connectivity index (χ0n) is 7.25. The molecule has 14 heavy (non-hydrogen) atoms. The van der Waals surface area contributed by atoms with Gasteiger partial charge in [0, 0.05) is 12.3 Å². The van der Waals surface area contributed by atoms with Crippen LogP contribution in [0.5, 0.6) is 5.88 Å². The van der Waals surface area contributed by atoms with Crippen molar-refractivity contribution in [3.63, 3.8) is 0 Å². The van der Waals surface area contributed by atoms with E-state index < -0.39 is 4.92 Å². The number of nitrogens with zero attached hydrogens (tertiary/aromatic N) is 4. The average Bonchev–Trinajstić information content (AvgIpc) is 2.59. The van der Waals surface area contributed by atoms with Crippen LogP contribution in [-0.2, 0) is 0 Å². The van der Waals surface area contributed by atoms with E-state index in [0.29, 0.717) is 5.88 Å². The molecule has 72 valence electrons. The Balaban J connectivity index is 2.69. The molecule has 0 radical (unpaired) electrons. The SMILES string of the molecule is COc1ccn2ncc([N+](=O)[O-])c2n1. The normalized spacial score (nSPS) is 10.4. The highest BCUT2D eigenvalue weighted by atomic mass is 16.6. The molecule has 0 spiro atoms. The van der Waals surface area contributed by atoms with Gasteiger partial charge in [0.2, 0.25) is 11.5 Å². The van der Waals surface area contributed by atoms with E-state index in [1.54, 1.807) is 12.3 Å². The average molecular weight is 194 g/mol. The zero-order chi connectivity index (χ0) is 10.1. The molecule has 0 aliphatic rings. The number of aromatic nitrogens is 3. The van der Waals surface area contributed by atoms with Crippen LogP contribution in [0.4, 0.5) is 5.69 Å². The molecule has 0 fully saturated rings. The summed E-state index contributed by atoms with van der Waals surface area (Å²) in [6, 6.07) is 1.57. The smallest absolute Gasteiger partial charge is 0.333 e. The van der Waals surface area contributed by atoms with Crippen LogP contribution >= 0.6 is 0 Å². The van der Waals surface area contributed by atoms with Gasteiger partial charge in [-0.3, -0.25) is 10.1 Å². The van der Waals surface area contributed by atoms with Crippen molar-refractivity contribution in [1.82, 2.24) is 14.6 Å². The second-order valence-corrected chi connectivity index (χ2v) is 2.52. The highest BCUT2D eigenvalue weighted by Gasteiger charge is 2.16. The predicted molar refractivity (Wildman–Crippen MR) is 46.2 cm³/mol. The molecular formula is C7H6N4O3. The molecule has 0 aromatic carbocycles. The minimum absolute atomic E-state index is 0.135. The minimum atomic E-state index is -0.533. The van der Waals surface area contributed by atoms with Gasteiger partial charge in [0.05, 0.1) is 12.0 Å². The fourth-order valence-electron chi connectivity index (χ4n) is 1.08. The number of hydrogen-bond donors (Lipinski definition) is 0. The quantitative estimate of drug-likeness (QED) is 0.517. The highest BCUT2D eigenvalue weighted by Crippen LogP contribution is 2.18. The summed E-state index contributed by atoms with van der Waals surface area (Å²) in [7, 11) is 1.45. The lowest BCUT2D eigenvalue weighted by Gasteiger charge is -1.97. The second kappa shape index (κ2) is 2.95. The first kappa shape index (κ1) is 8.42. The van der Waals surface area contributed by atoms with Crippen molar-refractivity contribution < 1.29 is 9.66 Å². The van der Waals surface area contributed by atoms with Crippen LogP contribution in [0.15, 0.2) is 18.5 Å². The molecule has 2 aromatic heterocycles. The molecule has 0 saturated heterocycles. The Hall–Kier alpha value is -2.18. The van der Waals surface area contributed by atoms with Crippen LogP contribution in [-0.4, -0.2) is 26.6 Å². The molecule has 0 bridgehead atoms. The number of ether oxygens (including phenoxy) is 1. The summed E-state index contributed by atoms with van der Waals surface area (Å²) in [5, 5.41) is 14.3. The Morgan fingerprint density at radius 1 is 1.64 bits per heavy atom. The topological polar surface area (TPSA) is 82.6 Å². The molecule has 2 rings (SSSR count). The molecule has 0 aliphatic heterocycles. The van der Waals surface area contributed by atoms with Crippen molar-refractivity contribution in [2.24, 2.45) is 0 Å². The van der Waals surface area contributed by atoms with Crippen LogP contribution in [0.3, 0.4) is 0 Å². The van der Waals surface area contributed by atoms with Crippen LogP contribution in [0.25, 0.3) is 5.65 Å². The van der Waals surface area contributed by atoms with Crippen molar-refractivity contribution in [1.29, 1.82) is 0 Å². The molecule has 0 N–H and O–H groups in total. The number of nitro groups is 1. The third-order valence-corrected chi connectivity index (χ3v) is 1.73. The monoisotopic (exact) mass is 194 g/mol. The number of hydrogen-bond acceptors (Lipinski definition) is 5. The molecule has 0 amide bonds. The lowest BCUT2D eigenvalue weighted by atomic mass is 10.5. The maximum atomic E-state index is 10.5. The van der Waals surface area contributed by atoms with Gasteiger partial charge in [-0.2, -0.15) is 10.1 Å². The van der Waals surface area contributed by atoms with E-state index in [1.165, 1.54) is 11.6 Å². The maximum Gasteiger partial charge on any atom is 0.333 e. The van der Waals surface area contributed by atoms with Gasteiger partial charge >= 0.3 is 5.69 Å². The Labute approximate surface area is 78.1 Å². The lowest BCUT2D eigenvalue weighted by molar-refractivity contribution is -0.383. The van der Waals surface area contributed by atoms with E-state index in [0.717, 1.165) is 6.20 Å². The van der Waals surface area contributed by atoms with Crippen molar-refractivity contribution in [3.8, 4) is 5.88 Å². The summed E-state index contributed by atoms with van der Waals surface area (Å²) in [5.41, 5.74) is 0.0400. The van der Waals surface area contributed by atoms with Gasteiger partial charge in [-0.05, 0) is 0 Å². The van der Waals surface area contributed by atoms with E-state index in [1.807, 2.05) is 0 Å². The van der Waals surface area contributed by atoms with Gasteiger partial charge < -0.3 is 4.74 Å². The summed E-state index contributed by atoms with van der Waals surface area (Å²) in [5.74, 6) is 0.320. The minimum Gasteiger partial charge on any atom is -0.481 e. The molecule has 0 aliphatic carbocycles. The zero-order valence-corrected chi connectivity index (χ0v) is 7.25. The lowest BCUT2D eigenvalue weighted by Crippen LogP contribution is -1.94. The van der Waals surface area contributed by atoms with Crippen molar-refractivity contribution in [2.45, 2.75) is 0 Å². The fourth-order valence-corrected chi connectivity index (χ4v) is 1.08. The Morgan fingerprint density at radius 3 is 3.07 bits per heavy atom. The first-order valence-corrected chi connectivity index (χ1v) is 3.75. The molecule has 2 heterocycles. The Bertz CT molecular complexity index is 493. The summed E-state index contributed by atoms with van der Waals surface area (Å²) < 4.78 is 6.17. The van der Waals surface area contributed by atoms with Gasteiger partial charge in [0.25, 0.3) is 0 Å². The van der Waals surface area contributed by atoms with E-state index in [2.05, 4.69) is 10.1 Å². The maximum absolute atomic E-state index is 10.5. The van der Waals surface area contributed by atoms with Crippen LogP contribution in [0.1, 0.15) is 0 Å². The highest BCUT2D eigenvalue weighted by molar-refractivity contribution is 5.58. The van der Waals surface area contributed by atoms with Crippen molar-refractivity contribution in [3.05, 3.63) is 28.6 Å². The summed E-state index contributed by atoms with van der Waals surface area (Å²) in [6.07, 6.45) is 2.70. The molecule has 7 heteroatoms. The fraction of sp³-hybridized carbons (Fsp3) is 0.143. The molecule has 0 unspecified atom stereocenters. The predicted octanol–water partition coefficient (Wildman–Crippen LogP) is 0.646. The van der Waals surface area contributed by atoms with E-state index in [-0.39, 0.29) is 11.3 Å². The van der Waals surface area contributed by atoms with Gasteiger partial charge in [-0.25, -0.2) is 4.52 Å². The number of fused-ring (bicyclic) bond motifs is 1. The Morgan fingerprint density at radius 2 is 2.43 bits per heavy atom. The Kier molecular flexibility index (Phi) is 1.77. The van der Waals surface area contributed by atoms with Crippen LogP contribution in [0, 0.1) is 10.1 Å². The first-order chi connectivity index (χ1) is 6.72. The largest absolute Gasteiger partial charge is 0.481 e. The molecular weight excluding hydrogens is 188 g/mol. The summed E-state index contributed by atoms with van der Waals surface area (Å²) >= 11 is 0. The van der Waals surface area contributed by atoms with Gasteiger partial charge in [0.1, 0.15) is 6.20 Å². The van der Waals surface area contributed by atoms with Gasteiger partial charge in [-0.15, -0.1) is 0 Å². The standard InChI is InChI=1S/C7H6N4O3/c1-14-6-2-3-10-7(9-6)5(4-8-10)11(12)13/h2-4H,1H3.